The van der Waals surface area contributed by atoms with Gasteiger partial charge in [-0.25, -0.2) is 9.59 Å². The Kier molecular flexibility index (Phi) is 5.26. The van der Waals surface area contributed by atoms with Crippen molar-refractivity contribution >= 4 is 12.0 Å². The first-order valence-corrected chi connectivity index (χ1v) is 7.65. The van der Waals surface area contributed by atoms with E-state index in [1.54, 1.807) is 13.8 Å². The molecule has 6 nitrogen and oxygen atoms in total. The molecule has 2 amide bonds. The molecule has 0 aliphatic carbocycles. The summed E-state index contributed by atoms with van der Waals surface area (Å²) in [6.45, 7) is 7.54. The molecule has 0 spiro atoms. The number of urea groups is 1. The van der Waals surface area contributed by atoms with Crippen LogP contribution in [-0.4, -0.2) is 24.7 Å². The van der Waals surface area contributed by atoms with Gasteiger partial charge in [0.25, 0.3) is 0 Å². The van der Waals surface area contributed by atoms with Crippen molar-refractivity contribution in [2.45, 2.75) is 39.8 Å². The van der Waals surface area contributed by atoms with Gasteiger partial charge < -0.3 is 20.1 Å². The smallest absolute Gasteiger partial charge is 0.338 e. The third kappa shape index (κ3) is 3.83. The summed E-state index contributed by atoms with van der Waals surface area (Å²) in [7, 11) is 0. The van der Waals surface area contributed by atoms with E-state index >= 15 is 0 Å². The van der Waals surface area contributed by atoms with Crippen LogP contribution >= 0.6 is 0 Å². The average Bonchev–Trinajstić information content (AvgIpc) is 2.46. The summed E-state index contributed by atoms with van der Waals surface area (Å²) in [6.07, 6.45) is -0.0234. The van der Waals surface area contributed by atoms with E-state index in [-0.39, 0.29) is 18.7 Å². The van der Waals surface area contributed by atoms with Crippen LogP contribution < -0.4 is 15.4 Å². The van der Waals surface area contributed by atoms with Crippen molar-refractivity contribution in [3.05, 3.63) is 41.1 Å². The Morgan fingerprint density at radius 1 is 1.30 bits per heavy atom. The van der Waals surface area contributed by atoms with Gasteiger partial charge in [0.15, 0.2) is 0 Å². The first kappa shape index (κ1) is 16.9. The van der Waals surface area contributed by atoms with Crippen molar-refractivity contribution < 1.29 is 19.1 Å². The van der Waals surface area contributed by atoms with Crippen LogP contribution in [-0.2, 0) is 9.53 Å². The minimum absolute atomic E-state index is 0.0234. The molecule has 1 aromatic carbocycles. The second-order valence-corrected chi connectivity index (χ2v) is 5.50. The van der Waals surface area contributed by atoms with E-state index in [0.29, 0.717) is 17.0 Å². The molecule has 1 atom stereocenters. The number of hydrogen-bond donors (Lipinski definition) is 2. The van der Waals surface area contributed by atoms with E-state index in [9.17, 15) is 9.59 Å². The number of amides is 2. The Morgan fingerprint density at radius 2 is 2.00 bits per heavy atom. The Bertz CT molecular complexity index is 637. The molecule has 6 heteroatoms. The molecular formula is C17H22N2O4. The second kappa shape index (κ2) is 7.17. The molecule has 0 saturated carbocycles. The highest BCUT2D eigenvalue weighted by Gasteiger charge is 2.33. The number of nitrogens with one attached hydrogen (secondary N) is 2. The third-order valence-electron chi connectivity index (χ3n) is 3.36. The van der Waals surface area contributed by atoms with Gasteiger partial charge >= 0.3 is 12.0 Å². The van der Waals surface area contributed by atoms with Crippen molar-refractivity contribution in [2.75, 3.05) is 6.61 Å². The topological polar surface area (TPSA) is 76.7 Å². The maximum absolute atomic E-state index is 12.3. The summed E-state index contributed by atoms with van der Waals surface area (Å²) in [4.78, 5) is 24.2. The summed E-state index contributed by atoms with van der Waals surface area (Å²) in [5.74, 6) is 0.172. The predicted octanol–water partition coefficient (Wildman–Crippen LogP) is 2.66. The largest absolute Gasteiger partial charge is 0.491 e. The highest BCUT2D eigenvalue weighted by molar-refractivity contribution is 5.95. The predicted molar refractivity (Wildman–Crippen MR) is 85.9 cm³/mol. The molecule has 0 aromatic heterocycles. The fourth-order valence-electron chi connectivity index (χ4n) is 2.49. The summed E-state index contributed by atoms with van der Waals surface area (Å²) < 4.78 is 10.9. The standard InChI is InChI=1S/C17H22N2O4/c1-5-22-16(20)14-11(4)18-17(21)19-15(14)12-8-6-7-9-13(12)23-10(2)3/h6-10,15H,5H2,1-4H3,(H2,18,19,21). The van der Waals surface area contributed by atoms with E-state index in [1.165, 1.54) is 0 Å². The van der Waals surface area contributed by atoms with E-state index in [4.69, 9.17) is 9.47 Å². The highest BCUT2D eigenvalue weighted by atomic mass is 16.5. The minimum Gasteiger partial charge on any atom is -0.491 e. The van der Waals surface area contributed by atoms with Crippen LogP contribution in [0, 0.1) is 0 Å². The van der Waals surface area contributed by atoms with Crippen LogP contribution in [0.25, 0.3) is 0 Å². The van der Waals surface area contributed by atoms with Crippen molar-refractivity contribution in [2.24, 2.45) is 0 Å². The normalized spacial score (nSPS) is 17.6. The SMILES string of the molecule is CCOC(=O)C1=C(C)NC(=O)NC1c1ccccc1OC(C)C. The first-order chi connectivity index (χ1) is 10.9. The van der Waals surface area contributed by atoms with Crippen LogP contribution in [0.1, 0.15) is 39.3 Å². The van der Waals surface area contributed by atoms with Gasteiger partial charge in [0.05, 0.1) is 24.3 Å². The molecule has 1 aliphatic heterocycles. The van der Waals surface area contributed by atoms with Crippen LogP contribution in [0.2, 0.25) is 0 Å². The average molecular weight is 318 g/mol. The molecule has 0 radical (unpaired) electrons. The molecule has 1 unspecified atom stereocenters. The van der Waals surface area contributed by atoms with Crippen molar-refractivity contribution in [1.82, 2.24) is 10.6 Å². The lowest BCUT2D eigenvalue weighted by Crippen LogP contribution is -2.45. The number of carbonyl (C=O) groups excluding carboxylic acids is 2. The molecule has 0 saturated heterocycles. The molecule has 2 N–H and O–H groups in total. The lowest BCUT2D eigenvalue weighted by molar-refractivity contribution is -0.139. The van der Waals surface area contributed by atoms with Crippen LogP contribution in [0.3, 0.4) is 0 Å². The maximum Gasteiger partial charge on any atom is 0.338 e. The fraction of sp³-hybridized carbons (Fsp3) is 0.412. The van der Waals surface area contributed by atoms with Gasteiger partial charge in [-0.15, -0.1) is 0 Å². The maximum atomic E-state index is 12.3. The number of ether oxygens (including phenoxy) is 2. The number of benzene rings is 1. The Morgan fingerprint density at radius 3 is 2.65 bits per heavy atom. The van der Waals surface area contributed by atoms with Gasteiger partial charge in [0.2, 0.25) is 0 Å². The van der Waals surface area contributed by atoms with Gasteiger partial charge in [-0.05, 0) is 33.8 Å². The monoisotopic (exact) mass is 318 g/mol. The number of para-hydroxylation sites is 1. The van der Waals surface area contributed by atoms with Crippen LogP contribution in [0.15, 0.2) is 35.5 Å². The zero-order valence-corrected chi connectivity index (χ0v) is 13.8. The second-order valence-electron chi connectivity index (χ2n) is 5.50. The molecular weight excluding hydrogens is 296 g/mol. The Labute approximate surface area is 135 Å². The van der Waals surface area contributed by atoms with Crippen molar-refractivity contribution in [1.29, 1.82) is 0 Å². The molecule has 1 aliphatic rings. The van der Waals surface area contributed by atoms with E-state index in [0.717, 1.165) is 5.56 Å². The lowest BCUT2D eigenvalue weighted by atomic mass is 9.95. The quantitative estimate of drug-likeness (QED) is 0.818. The Balaban J connectivity index is 2.48. The molecule has 1 aromatic rings. The zero-order chi connectivity index (χ0) is 17.0. The zero-order valence-electron chi connectivity index (χ0n) is 13.8. The third-order valence-corrected chi connectivity index (χ3v) is 3.36. The molecule has 2 rings (SSSR count). The molecule has 124 valence electrons. The molecule has 0 fully saturated rings. The molecule has 1 heterocycles. The van der Waals surface area contributed by atoms with Crippen LogP contribution in [0.5, 0.6) is 5.75 Å². The Hall–Kier alpha value is -2.50. The number of carbonyl (C=O) groups is 2. The van der Waals surface area contributed by atoms with Crippen molar-refractivity contribution in [3.63, 3.8) is 0 Å². The summed E-state index contributed by atoms with van der Waals surface area (Å²) in [6, 6.07) is 6.37. The lowest BCUT2D eigenvalue weighted by Gasteiger charge is -2.29. The summed E-state index contributed by atoms with van der Waals surface area (Å²) in [5.41, 5.74) is 1.58. The van der Waals surface area contributed by atoms with E-state index in [1.807, 2.05) is 38.1 Å². The number of rotatable bonds is 5. The fourth-order valence-corrected chi connectivity index (χ4v) is 2.49. The number of hydrogen-bond acceptors (Lipinski definition) is 4. The molecule has 0 bridgehead atoms. The minimum atomic E-state index is -0.613. The van der Waals surface area contributed by atoms with Gasteiger partial charge in [0, 0.05) is 11.3 Å². The number of esters is 1. The van der Waals surface area contributed by atoms with Crippen molar-refractivity contribution in [3.8, 4) is 5.75 Å². The van der Waals surface area contributed by atoms with E-state index in [2.05, 4.69) is 10.6 Å². The summed E-state index contributed by atoms with van der Waals surface area (Å²) >= 11 is 0. The molecule has 23 heavy (non-hydrogen) atoms. The highest BCUT2D eigenvalue weighted by Crippen LogP contribution is 2.33. The van der Waals surface area contributed by atoms with Gasteiger partial charge in [-0.3, -0.25) is 0 Å². The summed E-state index contributed by atoms with van der Waals surface area (Å²) in [5, 5.41) is 5.39. The number of allylic oxidation sites excluding steroid dienone is 1. The van der Waals surface area contributed by atoms with E-state index < -0.39 is 12.0 Å². The first-order valence-electron chi connectivity index (χ1n) is 7.65. The van der Waals surface area contributed by atoms with Gasteiger partial charge in [0.1, 0.15) is 5.75 Å². The van der Waals surface area contributed by atoms with Gasteiger partial charge in [-0.2, -0.15) is 0 Å². The van der Waals surface area contributed by atoms with Gasteiger partial charge in [-0.1, -0.05) is 18.2 Å². The van der Waals surface area contributed by atoms with Crippen LogP contribution in [0.4, 0.5) is 4.79 Å².